The van der Waals surface area contributed by atoms with E-state index in [2.05, 4.69) is 9.72 Å². The SMILES string of the molecule is CC.Cc1cc(C)c2cc(OC(F)(F)F)cc(C)c2n1. The van der Waals surface area contributed by atoms with E-state index >= 15 is 0 Å². The fourth-order valence-electron chi connectivity index (χ4n) is 1.99. The van der Waals surface area contributed by atoms with Gasteiger partial charge >= 0.3 is 6.36 Å². The maximum atomic E-state index is 12.2. The molecule has 0 atom stereocenters. The summed E-state index contributed by atoms with van der Waals surface area (Å²) in [5, 5.41) is 0.680. The van der Waals surface area contributed by atoms with Crippen molar-refractivity contribution >= 4 is 10.9 Å². The van der Waals surface area contributed by atoms with Crippen LogP contribution in [0.2, 0.25) is 0 Å². The Kier molecular flexibility index (Phi) is 4.98. The number of aryl methyl sites for hydroxylation is 3. The summed E-state index contributed by atoms with van der Waals surface area (Å²) in [6.07, 6.45) is -4.67. The Morgan fingerprint density at radius 1 is 0.950 bits per heavy atom. The Morgan fingerprint density at radius 3 is 2.10 bits per heavy atom. The summed E-state index contributed by atoms with van der Waals surface area (Å²) >= 11 is 0. The lowest BCUT2D eigenvalue weighted by Crippen LogP contribution is -2.17. The van der Waals surface area contributed by atoms with Crippen molar-refractivity contribution in [1.29, 1.82) is 0 Å². The molecule has 1 heterocycles. The number of benzene rings is 1. The van der Waals surface area contributed by atoms with E-state index in [-0.39, 0.29) is 5.75 Å². The van der Waals surface area contributed by atoms with Crippen molar-refractivity contribution in [2.45, 2.75) is 41.0 Å². The molecule has 2 nitrogen and oxygen atoms in total. The quantitative estimate of drug-likeness (QED) is 0.728. The minimum absolute atomic E-state index is 0.207. The van der Waals surface area contributed by atoms with Gasteiger partial charge in [-0.05, 0) is 50.1 Å². The molecular formula is C15H18F3NO. The van der Waals surface area contributed by atoms with E-state index in [0.29, 0.717) is 16.5 Å². The first-order valence-corrected chi connectivity index (χ1v) is 6.40. The molecule has 2 aromatic rings. The molecule has 1 aromatic heterocycles. The lowest BCUT2D eigenvalue weighted by molar-refractivity contribution is -0.274. The first kappa shape index (κ1) is 16.3. The maximum absolute atomic E-state index is 12.2. The highest BCUT2D eigenvalue weighted by molar-refractivity contribution is 5.86. The van der Waals surface area contributed by atoms with Crippen molar-refractivity contribution in [1.82, 2.24) is 4.98 Å². The molecule has 110 valence electrons. The van der Waals surface area contributed by atoms with Crippen LogP contribution in [-0.2, 0) is 0 Å². The van der Waals surface area contributed by atoms with Gasteiger partial charge in [-0.1, -0.05) is 13.8 Å². The summed E-state index contributed by atoms with van der Waals surface area (Å²) in [5.41, 5.74) is 3.10. The number of rotatable bonds is 1. The molecule has 0 unspecified atom stereocenters. The second-order valence-electron chi connectivity index (χ2n) is 4.26. The molecular weight excluding hydrogens is 267 g/mol. The number of ether oxygens (including phenoxy) is 1. The highest BCUT2D eigenvalue weighted by atomic mass is 19.4. The third-order valence-corrected chi connectivity index (χ3v) is 2.65. The Bertz CT molecular complexity index is 606. The third kappa shape index (κ3) is 3.85. The van der Waals surface area contributed by atoms with Crippen molar-refractivity contribution in [3.05, 3.63) is 35.0 Å². The number of aromatic nitrogens is 1. The topological polar surface area (TPSA) is 22.1 Å². The third-order valence-electron chi connectivity index (χ3n) is 2.65. The summed E-state index contributed by atoms with van der Waals surface area (Å²) in [7, 11) is 0. The lowest BCUT2D eigenvalue weighted by atomic mass is 10.1. The molecule has 1 aromatic carbocycles. The number of hydrogen-bond donors (Lipinski definition) is 0. The van der Waals surface area contributed by atoms with Crippen LogP contribution in [0.4, 0.5) is 13.2 Å². The van der Waals surface area contributed by atoms with Crippen LogP contribution in [0, 0.1) is 20.8 Å². The molecule has 0 aliphatic heterocycles. The Hall–Kier alpha value is -1.78. The minimum atomic E-state index is -4.67. The monoisotopic (exact) mass is 285 g/mol. The first-order chi connectivity index (χ1) is 9.26. The highest BCUT2D eigenvalue weighted by Crippen LogP contribution is 2.30. The summed E-state index contributed by atoms with van der Waals surface area (Å²) in [5.74, 6) is -0.207. The summed E-state index contributed by atoms with van der Waals surface area (Å²) < 4.78 is 40.5. The molecule has 0 aliphatic rings. The van der Waals surface area contributed by atoms with Gasteiger partial charge in [0.1, 0.15) is 5.75 Å². The molecule has 0 aliphatic carbocycles. The van der Waals surface area contributed by atoms with Crippen molar-refractivity contribution in [2.24, 2.45) is 0 Å². The molecule has 0 N–H and O–H groups in total. The summed E-state index contributed by atoms with van der Waals surface area (Å²) in [4.78, 5) is 4.34. The molecule has 5 heteroatoms. The van der Waals surface area contributed by atoms with Crippen LogP contribution in [0.3, 0.4) is 0 Å². The zero-order valence-corrected chi connectivity index (χ0v) is 12.2. The predicted molar refractivity (Wildman–Crippen MR) is 74.0 cm³/mol. The van der Waals surface area contributed by atoms with Gasteiger partial charge in [0, 0.05) is 11.1 Å². The number of alkyl halides is 3. The number of pyridine rings is 1. The number of hydrogen-bond acceptors (Lipinski definition) is 2. The van der Waals surface area contributed by atoms with Crippen LogP contribution < -0.4 is 4.74 Å². The number of nitrogens with zero attached hydrogens (tertiary/aromatic N) is 1. The maximum Gasteiger partial charge on any atom is 0.573 e. The molecule has 2 rings (SSSR count). The molecule has 0 bridgehead atoms. The number of halogens is 3. The second-order valence-corrected chi connectivity index (χ2v) is 4.26. The predicted octanol–water partition coefficient (Wildman–Crippen LogP) is 5.08. The van der Waals surface area contributed by atoms with Crippen LogP contribution in [0.25, 0.3) is 10.9 Å². The Morgan fingerprint density at radius 2 is 1.55 bits per heavy atom. The second kappa shape index (κ2) is 6.11. The van der Waals surface area contributed by atoms with E-state index in [0.717, 1.165) is 11.3 Å². The molecule has 0 amide bonds. The van der Waals surface area contributed by atoms with Crippen LogP contribution >= 0.6 is 0 Å². The minimum Gasteiger partial charge on any atom is -0.406 e. The molecule has 20 heavy (non-hydrogen) atoms. The Labute approximate surface area is 116 Å². The fraction of sp³-hybridized carbons (Fsp3) is 0.400. The van der Waals surface area contributed by atoms with Crippen molar-refractivity contribution in [2.75, 3.05) is 0 Å². The molecule has 0 fully saturated rings. The van der Waals surface area contributed by atoms with E-state index in [1.54, 1.807) is 6.92 Å². The van der Waals surface area contributed by atoms with Gasteiger partial charge in [0.05, 0.1) is 5.52 Å². The normalized spacial score (nSPS) is 11.0. The van der Waals surface area contributed by atoms with Gasteiger partial charge in [0.2, 0.25) is 0 Å². The van der Waals surface area contributed by atoms with Crippen LogP contribution in [-0.4, -0.2) is 11.3 Å². The Balaban J connectivity index is 0.000000956. The molecule has 0 saturated heterocycles. The van der Waals surface area contributed by atoms with Gasteiger partial charge in [-0.25, -0.2) is 0 Å². The first-order valence-electron chi connectivity index (χ1n) is 6.40. The van der Waals surface area contributed by atoms with Gasteiger partial charge in [-0.15, -0.1) is 13.2 Å². The van der Waals surface area contributed by atoms with Crippen LogP contribution in [0.1, 0.15) is 30.7 Å². The van der Waals surface area contributed by atoms with E-state index in [1.165, 1.54) is 12.1 Å². The van der Waals surface area contributed by atoms with E-state index in [9.17, 15) is 13.2 Å². The van der Waals surface area contributed by atoms with Crippen molar-refractivity contribution < 1.29 is 17.9 Å². The van der Waals surface area contributed by atoms with E-state index in [4.69, 9.17) is 0 Å². The van der Waals surface area contributed by atoms with Gasteiger partial charge in [-0.3, -0.25) is 4.98 Å². The molecule has 0 spiro atoms. The molecule has 0 saturated carbocycles. The molecule has 0 radical (unpaired) electrons. The van der Waals surface area contributed by atoms with E-state index in [1.807, 2.05) is 33.8 Å². The summed E-state index contributed by atoms with van der Waals surface area (Å²) in [6, 6.07) is 4.55. The number of fused-ring (bicyclic) bond motifs is 1. The average molecular weight is 285 g/mol. The average Bonchev–Trinajstić information content (AvgIpc) is 2.31. The lowest BCUT2D eigenvalue weighted by Gasteiger charge is -2.12. The zero-order chi connectivity index (χ0) is 15.5. The van der Waals surface area contributed by atoms with Gasteiger partial charge < -0.3 is 4.74 Å². The highest BCUT2D eigenvalue weighted by Gasteiger charge is 2.31. The van der Waals surface area contributed by atoms with Gasteiger partial charge in [-0.2, -0.15) is 0 Å². The van der Waals surface area contributed by atoms with Gasteiger partial charge in [0.25, 0.3) is 0 Å². The van der Waals surface area contributed by atoms with Crippen LogP contribution in [0.5, 0.6) is 5.75 Å². The van der Waals surface area contributed by atoms with Gasteiger partial charge in [0.15, 0.2) is 0 Å². The van der Waals surface area contributed by atoms with Crippen molar-refractivity contribution in [3.63, 3.8) is 0 Å². The standard InChI is InChI=1S/C13H12F3NO.C2H6/c1-7-4-9(3)17-12-8(2)5-10(6-11(7)12)18-13(14,15)16;1-2/h4-6H,1-3H3;1-2H3. The summed E-state index contributed by atoms with van der Waals surface area (Å²) in [6.45, 7) is 9.41. The largest absolute Gasteiger partial charge is 0.573 e. The fourth-order valence-corrected chi connectivity index (χ4v) is 1.99. The zero-order valence-electron chi connectivity index (χ0n) is 12.2. The van der Waals surface area contributed by atoms with E-state index < -0.39 is 6.36 Å². The smallest absolute Gasteiger partial charge is 0.406 e. The van der Waals surface area contributed by atoms with Crippen molar-refractivity contribution in [3.8, 4) is 5.75 Å². The van der Waals surface area contributed by atoms with Crippen LogP contribution in [0.15, 0.2) is 18.2 Å².